The third kappa shape index (κ3) is 4.36. The molecule has 0 fully saturated rings. The highest BCUT2D eigenvalue weighted by Crippen LogP contribution is 2.27. The molecule has 7 heteroatoms. The van der Waals surface area contributed by atoms with Gasteiger partial charge in [0.05, 0.1) is 20.8 Å². The lowest BCUT2D eigenvalue weighted by Crippen LogP contribution is -2.44. The number of para-hydroxylation sites is 1. The molecule has 0 saturated carbocycles. The van der Waals surface area contributed by atoms with Gasteiger partial charge in [0, 0.05) is 37.5 Å². The third-order valence-electron chi connectivity index (χ3n) is 4.76. The van der Waals surface area contributed by atoms with Crippen LogP contribution in [0.3, 0.4) is 0 Å². The maximum absolute atomic E-state index is 12.6. The number of carbonyl (C=O) groups is 1. The summed E-state index contributed by atoms with van der Waals surface area (Å²) >= 11 is 0. The molecule has 1 amide bonds. The minimum atomic E-state index is 0.0231. The lowest BCUT2D eigenvalue weighted by molar-refractivity contribution is -0.117. The van der Waals surface area contributed by atoms with Crippen LogP contribution >= 0.6 is 0 Å². The number of fused-ring (bicyclic) bond motifs is 1. The zero-order chi connectivity index (χ0) is 19.9. The number of hydrogen-bond acceptors (Lipinski definition) is 4. The summed E-state index contributed by atoms with van der Waals surface area (Å²) in [6.45, 7) is 1.40. The number of ether oxygens (including phenoxy) is 2. The lowest BCUT2D eigenvalue weighted by Gasteiger charge is -2.19. The number of methoxy groups -OCH3 is 2. The number of aliphatic imine (C=N–C) groups is 1. The van der Waals surface area contributed by atoms with Crippen LogP contribution in [0, 0.1) is 0 Å². The second-order valence-corrected chi connectivity index (χ2v) is 6.38. The fourth-order valence-corrected chi connectivity index (χ4v) is 3.25. The Labute approximate surface area is 165 Å². The predicted molar refractivity (Wildman–Crippen MR) is 110 cm³/mol. The quantitative estimate of drug-likeness (QED) is 0.590. The number of guanidine groups is 1. The summed E-state index contributed by atoms with van der Waals surface area (Å²) in [6.07, 6.45) is 0.895. The van der Waals surface area contributed by atoms with Crippen LogP contribution < -0.4 is 25.0 Å². The van der Waals surface area contributed by atoms with Crippen molar-refractivity contribution < 1.29 is 14.3 Å². The summed E-state index contributed by atoms with van der Waals surface area (Å²) in [7, 11) is 4.92. The summed E-state index contributed by atoms with van der Waals surface area (Å²) in [5.41, 5.74) is 3.18. The molecule has 148 valence electrons. The molecule has 2 N–H and O–H groups in total. The van der Waals surface area contributed by atoms with Crippen LogP contribution in [0.5, 0.6) is 11.5 Å². The van der Waals surface area contributed by atoms with E-state index >= 15 is 0 Å². The van der Waals surface area contributed by atoms with Gasteiger partial charge in [-0.1, -0.05) is 18.2 Å². The molecular weight excluding hydrogens is 356 g/mol. The molecule has 1 aliphatic heterocycles. The summed E-state index contributed by atoms with van der Waals surface area (Å²) in [5.74, 6) is 2.04. The van der Waals surface area contributed by atoms with Gasteiger partial charge in [-0.3, -0.25) is 9.79 Å². The van der Waals surface area contributed by atoms with Gasteiger partial charge in [0.25, 0.3) is 0 Å². The summed E-state index contributed by atoms with van der Waals surface area (Å²) in [5, 5.41) is 6.30. The Hall–Kier alpha value is -3.22. The smallest absolute Gasteiger partial charge is 0.246 e. The van der Waals surface area contributed by atoms with Crippen molar-refractivity contribution in [3.8, 4) is 11.5 Å². The molecule has 0 aliphatic carbocycles. The molecular formula is C21H26N4O3. The molecule has 0 radical (unpaired) electrons. The van der Waals surface area contributed by atoms with Gasteiger partial charge in [-0.15, -0.1) is 0 Å². The van der Waals surface area contributed by atoms with Crippen molar-refractivity contribution >= 4 is 17.6 Å². The summed E-state index contributed by atoms with van der Waals surface area (Å²) < 4.78 is 10.6. The maximum Gasteiger partial charge on any atom is 0.246 e. The summed E-state index contributed by atoms with van der Waals surface area (Å²) in [4.78, 5) is 18.6. The first kappa shape index (κ1) is 19.5. The van der Waals surface area contributed by atoms with Gasteiger partial charge in [0.1, 0.15) is 11.5 Å². The first-order chi connectivity index (χ1) is 13.7. The van der Waals surface area contributed by atoms with Crippen molar-refractivity contribution in [1.29, 1.82) is 0 Å². The fraction of sp³-hybridized carbons (Fsp3) is 0.333. The number of anilines is 1. The minimum Gasteiger partial charge on any atom is -0.497 e. The van der Waals surface area contributed by atoms with E-state index in [0.29, 0.717) is 12.5 Å². The minimum absolute atomic E-state index is 0.0231. The highest BCUT2D eigenvalue weighted by Gasteiger charge is 2.23. The Morgan fingerprint density at radius 2 is 1.96 bits per heavy atom. The number of amides is 1. The summed E-state index contributed by atoms with van der Waals surface area (Å²) in [6, 6.07) is 13.7. The standard InChI is InChI=1S/C21H26N4O3/c1-22-21(23-13-16-8-9-17(27-2)12-19(16)28-3)24-14-20(26)25-11-10-15-6-4-5-7-18(15)25/h4-9,12H,10-11,13-14H2,1-3H3,(H2,22,23,24). The highest BCUT2D eigenvalue weighted by molar-refractivity contribution is 5.98. The van der Waals surface area contributed by atoms with Gasteiger partial charge in [-0.25, -0.2) is 0 Å². The third-order valence-corrected chi connectivity index (χ3v) is 4.76. The molecule has 0 spiro atoms. The molecule has 7 nitrogen and oxygen atoms in total. The van der Waals surface area contributed by atoms with Crippen LogP contribution in [0.25, 0.3) is 0 Å². The number of rotatable bonds is 6. The molecule has 2 aromatic carbocycles. The second kappa shape index (κ2) is 9.12. The van der Waals surface area contributed by atoms with Crippen LogP contribution in [0.1, 0.15) is 11.1 Å². The van der Waals surface area contributed by atoms with E-state index in [4.69, 9.17) is 9.47 Å². The Bertz CT molecular complexity index is 866. The van der Waals surface area contributed by atoms with E-state index in [1.165, 1.54) is 5.56 Å². The Morgan fingerprint density at radius 3 is 2.71 bits per heavy atom. The van der Waals surface area contributed by atoms with Crippen molar-refractivity contribution in [1.82, 2.24) is 10.6 Å². The zero-order valence-corrected chi connectivity index (χ0v) is 16.5. The SMILES string of the molecule is CN=C(NCC(=O)N1CCc2ccccc21)NCc1ccc(OC)cc1OC. The van der Waals surface area contributed by atoms with Crippen molar-refractivity contribution in [2.75, 3.05) is 39.3 Å². The Balaban J connectivity index is 1.55. The van der Waals surface area contributed by atoms with Crippen LogP contribution in [-0.2, 0) is 17.8 Å². The lowest BCUT2D eigenvalue weighted by atomic mass is 10.2. The molecule has 0 saturated heterocycles. The van der Waals surface area contributed by atoms with E-state index in [1.54, 1.807) is 21.3 Å². The molecule has 0 aromatic heterocycles. The number of benzene rings is 2. The molecule has 0 atom stereocenters. The van der Waals surface area contributed by atoms with Gasteiger partial charge in [-0.05, 0) is 30.2 Å². The molecule has 3 rings (SSSR count). The number of hydrogen-bond donors (Lipinski definition) is 2. The Kier molecular flexibility index (Phi) is 6.37. The normalized spacial score (nSPS) is 13.1. The average molecular weight is 382 g/mol. The van der Waals surface area contributed by atoms with E-state index in [-0.39, 0.29) is 12.5 Å². The first-order valence-electron chi connectivity index (χ1n) is 9.20. The maximum atomic E-state index is 12.6. The van der Waals surface area contributed by atoms with Crippen molar-refractivity contribution in [3.05, 3.63) is 53.6 Å². The van der Waals surface area contributed by atoms with Gasteiger partial charge >= 0.3 is 0 Å². The zero-order valence-electron chi connectivity index (χ0n) is 16.5. The van der Waals surface area contributed by atoms with E-state index in [2.05, 4.69) is 21.7 Å². The topological polar surface area (TPSA) is 75.2 Å². The van der Waals surface area contributed by atoms with Gasteiger partial charge in [0.2, 0.25) is 5.91 Å². The van der Waals surface area contributed by atoms with Crippen molar-refractivity contribution in [2.45, 2.75) is 13.0 Å². The highest BCUT2D eigenvalue weighted by atomic mass is 16.5. The van der Waals surface area contributed by atoms with Crippen LogP contribution in [-0.4, -0.2) is 46.2 Å². The second-order valence-electron chi connectivity index (χ2n) is 6.38. The van der Waals surface area contributed by atoms with E-state index in [1.807, 2.05) is 41.3 Å². The monoisotopic (exact) mass is 382 g/mol. The molecule has 28 heavy (non-hydrogen) atoms. The van der Waals surface area contributed by atoms with E-state index in [0.717, 1.165) is 35.7 Å². The first-order valence-corrected chi connectivity index (χ1v) is 9.20. The van der Waals surface area contributed by atoms with E-state index < -0.39 is 0 Å². The molecule has 0 bridgehead atoms. The molecule has 0 unspecified atom stereocenters. The number of nitrogens with one attached hydrogen (secondary N) is 2. The van der Waals surface area contributed by atoms with Gasteiger partial charge in [-0.2, -0.15) is 0 Å². The van der Waals surface area contributed by atoms with Gasteiger partial charge in [0.15, 0.2) is 5.96 Å². The molecule has 1 aliphatic rings. The Morgan fingerprint density at radius 1 is 1.14 bits per heavy atom. The predicted octanol–water partition coefficient (Wildman–Crippen LogP) is 1.96. The number of carbonyl (C=O) groups excluding carboxylic acids is 1. The number of nitrogens with zero attached hydrogens (tertiary/aromatic N) is 2. The van der Waals surface area contributed by atoms with Gasteiger partial charge < -0.3 is 25.0 Å². The van der Waals surface area contributed by atoms with Crippen LogP contribution in [0.2, 0.25) is 0 Å². The largest absolute Gasteiger partial charge is 0.497 e. The van der Waals surface area contributed by atoms with Crippen molar-refractivity contribution in [2.24, 2.45) is 4.99 Å². The average Bonchev–Trinajstić information content (AvgIpc) is 3.18. The fourth-order valence-electron chi connectivity index (χ4n) is 3.25. The van der Waals surface area contributed by atoms with Crippen LogP contribution in [0.15, 0.2) is 47.5 Å². The van der Waals surface area contributed by atoms with E-state index in [9.17, 15) is 4.79 Å². The van der Waals surface area contributed by atoms with Crippen LogP contribution in [0.4, 0.5) is 5.69 Å². The molecule has 2 aromatic rings. The van der Waals surface area contributed by atoms with Crippen molar-refractivity contribution in [3.63, 3.8) is 0 Å². The molecule has 1 heterocycles.